The highest BCUT2D eigenvalue weighted by Gasteiger charge is 2.13. The van der Waals surface area contributed by atoms with Gasteiger partial charge in [0.2, 0.25) is 0 Å². The van der Waals surface area contributed by atoms with Crippen molar-refractivity contribution < 1.29 is 14.3 Å². The van der Waals surface area contributed by atoms with E-state index in [1.807, 2.05) is 22.6 Å². The molecular weight excluding hydrogens is 384 g/mol. The van der Waals surface area contributed by atoms with E-state index in [2.05, 4.69) is 5.32 Å². The molecule has 0 bridgehead atoms. The molecule has 0 amide bonds. The van der Waals surface area contributed by atoms with E-state index in [9.17, 15) is 9.18 Å². The summed E-state index contributed by atoms with van der Waals surface area (Å²) in [6.45, 7) is 0. The van der Waals surface area contributed by atoms with E-state index in [4.69, 9.17) is 16.7 Å². The van der Waals surface area contributed by atoms with Gasteiger partial charge in [0.05, 0.1) is 20.5 Å². The number of rotatable bonds is 3. The molecule has 2 aromatic carbocycles. The molecule has 0 aliphatic carbocycles. The minimum atomic E-state index is -1.10. The second kappa shape index (κ2) is 5.75. The van der Waals surface area contributed by atoms with Gasteiger partial charge in [0.25, 0.3) is 0 Å². The minimum absolute atomic E-state index is 0.0348. The lowest BCUT2D eigenvalue weighted by Gasteiger charge is -2.11. The molecule has 98 valence electrons. The van der Waals surface area contributed by atoms with Crippen LogP contribution in [0.15, 0.2) is 36.4 Å². The molecule has 0 radical (unpaired) electrons. The lowest BCUT2D eigenvalue weighted by molar-refractivity contribution is 0.0698. The van der Waals surface area contributed by atoms with Gasteiger partial charge in [-0.1, -0.05) is 17.7 Å². The van der Waals surface area contributed by atoms with Crippen molar-refractivity contribution in [3.05, 3.63) is 56.4 Å². The van der Waals surface area contributed by atoms with Gasteiger partial charge >= 0.3 is 5.97 Å². The molecule has 2 N–H and O–H groups in total. The molecule has 2 rings (SSSR count). The Labute approximate surface area is 127 Å². The fourth-order valence-corrected chi connectivity index (χ4v) is 2.21. The van der Waals surface area contributed by atoms with E-state index in [1.165, 1.54) is 12.1 Å². The first-order valence-corrected chi connectivity index (χ1v) is 6.68. The minimum Gasteiger partial charge on any atom is -0.478 e. The van der Waals surface area contributed by atoms with E-state index in [0.717, 1.165) is 0 Å². The summed E-state index contributed by atoms with van der Waals surface area (Å²) in [6, 6.07) is 9.03. The van der Waals surface area contributed by atoms with E-state index in [0.29, 0.717) is 20.0 Å². The predicted molar refractivity (Wildman–Crippen MR) is 80.8 cm³/mol. The average molecular weight is 392 g/mol. The van der Waals surface area contributed by atoms with Crippen LogP contribution in [0.2, 0.25) is 5.02 Å². The van der Waals surface area contributed by atoms with Crippen molar-refractivity contribution in [1.82, 2.24) is 0 Å². The number of halogens is 3. The van der Waals surface area contributed by atoms with Gasteiger partial charge in [-0.2, -0.15) is 0 Å². The molecule has 0 aliphatic rings. The first-order chi connectivity index (χ1) is 8.99. The number of carboxylic acids is 1. The summed E-state index contributed by atoms with van der Waals surface area (Å²) in [6.07, 6.45) is 0. The number of anilines is 2. The number of hydrogen-bond acceptors (Lipinski definition) is 2. The van der Waals surface area contributed by atoms with E-state index in [1.54, 1.807) is 24.3 Å². The van der Waals surface area contributed by atoms with Crippen LogP contribution < -0.4 is 5.32 Å². The van der Waals surface area contributed by atoms with Crippen molar-refractivity contribution in [2.75, 3.05) is 5.32 Å². The summed E-state index contributed by atoms with van der Waals surface area (Å²) in [4.78, 5) is 11.1. The smallest absolute Gasteiger partial charge is 0.337 e. The number of nitrogens with one attached hydrogen (secondary N) is 1. The zero-order chi connectivity index (χ0) is 14.0. The summed E-state index contributed by atoms with van der Waals surface area (Å²) >= 11 is 7.62. The maximum atomic E-state index is 13.4. The highest BCUT2D eigenvalue weighted by Crippen LogP contribution is 2.28. The molecule has 3 nitrogen and oxygen atoms in total. The number of hydrogen-bond donors (Lipinski definition) is 2. The van der Waals surface area contributed by atoms with Crippen molar-refractivity contribution in [3.63, 3.8) is 0 Å². The van der Waals surface area contributed by atoms with Crippen LogP contribution in [-0.4, -0.2) is 11.1 Å². The van der Waals surface area contributed by atoms with Gasteiger partial charge in [0.1, 0.15) is 5.82 Å². The van der Waals surface area contributed by atoms with Gasteiger partial charge in [-0.05, 0) is 52.9 Å². The van der Waals surface area contributed by atoms with Crippen molar-refractivity contribution >= 4 is 51.5 Å². The Morgan fingerprint density at radius 3 is 2.68 bits per heavy atom. The van der Waals surface area contributed by atoms with E-state index < -0.39 is 5.97 Å². The summed E-state index contributed by atoms with van der Waals surface area (Å²) in [5.41, 5.74) is 0.901. The topological polar surface area (TPSA) is 49.3 Å². The van der Waals surface area contributed by atoms with E-state index >= 15 is 0 Å². The van der Waals surface area contributed by atoms with Crippen molar-refractivity contribution in [1.29, 1.82) is 0 Å². The Kier molecular flexibility index (Phi) is 4.26. The van der Waals surface area contributed by atoms with E-state index in [-0.39, 0.29) is 11.4 Å². The third-order valence-corrected chi connectivity index (χ3v) is 3.76. The number of aromatic carboxylic acids is 1. The molecule has 0 unspecified atom stereocenters. The Morgan fingerprint density at radius 2 is 2.00 bits per heavy atom. The van der Waals surface area contributed by atoms with Gasteiger partial charge in [-0.3, -0.25) is 0 Å². The lowest BCUT2D eigenvalue weighted by Crippen LogP contribution is -2.04. The standard InChI is InChI=1S/C13H8ClFINO2/c14-7-4-5-10(8(6-7)13(18)19)17-11-3-1-2-9(15)12(11)16/h1-6,17H,(H,18,19). The molecule has 0 saturated heterocycles. The van der Waals surface area contributed by atoms with Crippen LogP contribution in [0.5, 0.6) is 0 Å². The maximum Gasteiger partial charge on any atom is 0.337 e. The highest BCUT2D eigenvalue weighted by atomic mass is 127. The number of carbonyl (C=O) groups is 1. The molecule has 6 heteroatoms. The van der Waals surface area contributed by atoms with Gasteiger partial charge in [0, 0.05) is 5.02 Å². The normalized spacial score (nSPS) is 10.3. The van der Waals surface area contributed by atoms with Crippen LogP contribution in [0.3, 0.4) is 0 Å². The predicted octanol–water partition coefficient (Wildman–Crippen LogP) is 4.53. The highest BCUT2D eigenvalue weighted by molar-refractivity contribution is 14.1. The van der Waals surface area contributed by atoms with Crippen LogP contribution in [0.25, 0.3) is 0 Å². The number of carboxylic acid groups (broad SMARTS) is 1. The fraction of sp³-hybridized carbons (Fsp3) is 0. The van der Waals surface area contributed by atoms with Gasteiger partial charge in [-0.25, -0.2) is 9.18 Å². The van der Waals surface area contributed by atoms with Crippen LogP contribution >= 0.6 is 34.2 Å². The van der Waals surface area contributed by atoms with Crippen molar-refractivity contribution in [2.45, 2.75) is 0 Å². The third-order valence-electron chi connectivity index (χ3n) is 2.43. The average Bonchev–Trinajstić information content (AvgIpc) is 2.36. The van der Waals surface area contributed by atoms with Crippen LogP contribution in [0, 0.1) is 9.39 Å². The molecule has 0 saturated carbocycles. The monoisotopic (exact) mass is 391 g/mol. The molecule has 0 atom stereocenters. The van der Waals surface area contributed by atoms with Crippen LogP contribution in [0.1, 0.15) is 10.4 Å². The molecule has 0 aliphatic heterocycles. The van der Waals surface area contributed by atoms with Gasteiger partial charge in [-0.15, -0.1) is 0 Å². The van der Waals surface area contributed by atoms with Gasteiger partial charge < -0.3 is 10.4 Å². The van der Waals surface area contributed by atoms with Crippen LogP contribution in [-0.2, 0) is 0 Å². The van der Waals surface area contributed by atoms with Crippen LogP contribution in [0.4, 0.5) is 15.8 Å². The SMILES string of the molecule is O=C(O)c1cc(Cl)ccc1Nc1cccc(F)c1I. The summed E-state index contributed by atoms with van der Waals surface area (Å²) < 4.78 is 13.8. The Hall–Kier alpha value is -1.34. The largest absolute Gasteiger partial charge is 0.478 e. The molecule has 19 heavy (non-hydrogen) atoms. The molecule has 0 spiro atoms. The Balaban J connectivity index is 2.44. The van der Waals surface area contributed by atoms with Gasteiger partial charge in [0.15, 0.2) is 0 Å². The Bertz CT molecular complexity index is 649. The molecule has 0 aromatic heterocycles. The molecule has 2 aromatic rings. The second-order valence-electron chi connectivity index (χ2n) is 3.72. The fourth-order valence-electron chi connectivity index (χ4n) is 1.55. The third kappa shape index (κ3) is 3.16. The maximum absolute atomic E-state index is 13.4. The molecular formula is C13H8ClFINO2. The van der Waals surface area contributed by atoms with Crippen molar-refractivity contribution in [2.24, 2.45) is 0 Å². The first kappa shape index (κ1) is 14.1. The zero-order valence-corrected chi connectivity index (χ0v) is 12.4. The Morgan fingerprint density at radius 1 is 1.26 bits per heavy atom. The quantitative estimate of drug-likeness (QED) is 0.756. The number of benzene rings is 2. The molecule has 0 heterocycles. The summed E-state index contributed by atoms with van der Waals surface area (Å²) in [7, 11) is 0. The first-order valence-electron chi connectivity index (χ1n) is 5.23. The lowest BCUT2D eigenvalue weighted by atomic mass is 10.1. The zero-order valence-electron chi connectivity index (χ0n) is 9.45. The summed E-state index contributed by atoms with van der Waals surface area (Å²) in [5, 5.41) is 12.4. The summed E-state index contributed by atoms with van der Waals surface area (Å²) in [5.74, 6) is -1.46. The van der Waals surface area contributed by atoms with Crippen molar-refractivity contribution in [3.8, 4) is 0 Å². The second-order valence-corrected chi connectivity index (χ2v) is 5.24. The molecule has 0 fully saturated rings.